The van der Waals surface area contributed by atoms with Crippen LogP contribution in [0.4, 0.5) is 11.4 Å². The number of fused-ring (bicyclic) bond motifs is 2. The van der Waals surface area contributed by atoms with Crippen molar-refractivity contribution in [2.75, 3.05) is 49.9 Å². The zero-order valence-electron chi connectivity index (χ0n) is 23.1. The van der Waals surface area contributed by atoms with Gasteiger partial charge in [0.1, 0.15) is 0 Å². The van der Waals surface area contributed by atoms with E-state index in [9.17, 15) is 19.2 Å². The van der Waals surface area contributed by atoms with Crippen molar-refractivity contribution in [2.45, 2.75) is 53.4 Å². The Morgan fingerprint density at radius 3 is 1.32 bits per heavy atom. The maximum atomic E-state index is 13.8. The molecule has 0 saturated heterocycles. The van der Waals surface area contributed by atoms with Gasteiger partial charge in [0.2, 0.25) is 11.8 Å². The fraction of sp³-hybridized carbons (Fsp3) is 0.467. The average Bonchev–Trinajstić information content (AvgIpc) is 2.87. The highest BCUT2D eigenvalue weighted by Gasteiger charge is 2.34. The normalized spacial score (nSPS) is 12.5. The summed E-state index contributed by atoms with van der Waals surface area (Å²) in [6.07, 6.45) is 3.73. The number of carbonyl (C=O) groups excluding carboxylic acids is 4. The van der Waals surface area contributed by atoms with Crippen LogP contribution in [-0.2, 0) is 9.59 Å². The molecule has 0 aliphatic heterocycles. The minimum absolute atomic E-state index is 0.163. The second kappa shape index (κ2) is 14.0. The number of rotatable bonds is 14. The number of benzene rings is 2. The van der Waals surface area contributed by atoms with Crippen LogP contribution in [0.3, 0.4) is 0 Å². The molecular formula is C30H40N4O4. The maximum absolute atomic E-state index is 13.8. The minimum Gasteiger partial charge on any atom is -0.324 e. The van der Waals surface area contributed by atoms with Crippen molar-refractivity contribution in [3.63, 3.8) is 0 Å². The molecule has 204 valence electrons. The smallest absolute Gasteiger partial charge is 0.238 e. The van der Waals surface area contributed by atoms with Crippen molar-refractivity contribution < 1.29 is 19.2 Å². The number of nitrogens with zero attached hydrogens (tertiary/aromatic N) is 2. The third-order valence-electron chi connectivity index (χ3n) is 6.51. The molecule has 0 bridgehead atoms. The quantitative estimate of drug-likeness (QED) is 0.323. The summed E-state index contributed by atoms with van der Waals surface area (Å²) in [5, 5.41) is 5.73. The Bertz CT molecular complexity index is 1080. The number of nitrogens with one attached hydrogen (secondary N) is 2. The second-order valence-electron chi connectivity index (χ2n) is 9.76. The molecule has 8 heteroatoms. The van der Waals surface area contributed by atoms with Gasteiger partial charge in [-0.25, -0.2) is 0 Å². The first-order chi connectivity index (χ1) is 18.3. The predicted molar refractivity (Wildman–Crippen MR) is 151 cm³/mol. The highest BCUT2D eigenvalue weighted by molar-refractivity contribution is 6.32. The van der Waals surface area contributed by atoms with Crippen LogP contribution in [0.5, 0.6) is 0 Å². The molecule has 8 nitrogen and oxygen atoms in total. The molecule has 1 aliphatic rings. The van der Waals surface area contributed by atoms with Gasteiger partial charge in [-0.3, -0.25) is 29.0 Å². The van der Waals surface area contributed by atoms with Gasteiger partial charge in [-0.1, -0.05) is 52.0 Å². The van der Waals surface area contributed by atoms with Gasteiger partial charge in [0, 0.05) is 11.1 Å². The third-order valence-corrected chi connectivity index (χ3v) is 6.51. The standard InChI is InChI=1S/C30H40N4O4/c1-5-15-33(16-6-2)19-25(35)31-23-13-9-11-21-27(23)30(38)28-22(29(21)37)12-10-14-24(28)32-26(36)20-34(17-7-3)18-8-4/h9-14H,5-8,15-20H2,1-4H3,(H,31,35)(H,32,36). The van der Waals surface area contributed by atoms with Gasteiger partial charge in [0.25, 0.3) is 0 Å². The molecule has 0 radical (unpaired) electrons. The van der Waals surface area contributed by atoms with Gasteiger partial charge in [-0.15, -0.1) is 0 Å². The maximum Gasteiger partial charge on any atom is 0.238 e. The van der Waals surface area contributed by atoms with E-state index in [0.29, 0.717) is 11.4 Å². The second-order valence-corrected chi connectivity index (χ2v) is 9.76. The summed E-state index contributed by atoms with van der Waals surface area (Å²) < 4.78 is 0. The molecule has 0 unspecified atom stereocenters. The van der Waals surface area contributed by atoms with Crippen LogP contribution >= 0.6 is 0 Å². The largest absolute Gasteiger partial charge is 0.324 e. The van der Waals surface area contributed by atoms with Crippen LogP contribution in [-0.4, -0.2) is 72.4 Å². The van der Waals surface area contributed by atoms with E-state index >= 15 is 0 Å². The van der Waals surface area contributed by atoms with Crippen LogP contribution < -0.4 is 10.6 Å². The Labute approximate surface area is 225 Å². The first-order valence-electron chi connectivity index (χ1n) is 13.7. The molecule has 3 rings (SSSR count). The van der Waals surface area contributed by atoms with Crippen molar-refractivity contribution in [3.05, 3.63) is 58.7 Å². The summed E-state index contributed by atoms with van der Waals surface area (Å²) in [7, 11) is 0. The van der Waals surface area contributed by atoms with E-state index < -0.39 is 0 Å². The summed E-state index contributed by atoms with van der Waals surface area (Å²) >= 11 is 0. The first kappa shape index (κ1) is 29.2. The number of amides is 2. The lowest BCUT2D eigenvalue weighted by Gasteiger charge is -2.24. The lowest BCUT2D eigenvalue weighted by Crippen LogP contribution is -2.35. The summed E-state index contributed by atoms with van der Waals surface area (Å²) in [6, 6.07) is 9.84. The highest BCUT2D eigenvalue weighted by atomic mass is 16.2. The van der Waals surface area contributed by atoms with Gasteiger partial charge in [0.15, 0.2) is 11.6 Å². The van der Waals surface area contributed by atoms with Gasteiger partial charge in [0.05, 0.1) is 35.6 Å². The van der Waals surface area contributed by atoms with E-state index in [-0.39, 0.29) is 58.7 Å². The van der Waals surface area contributed by atoms with Gasteiger partial charge in [-0.2, -0.15) is 0 Å². The molecule has 2 aromatic carbocycles. The number of ketones is 2. The molecule has 2 N–H and O–H groups in total. The molecule has 0 heterocycles. The number of anilines is 2. The fourth-order valence-electron chi connectivity index (χ4n) is 5.04. The third kappa shape index (κ3) is 6.94. The molecule has 1 aliphatic carbocycles. The van der Waals surface area contributed by atoms with E-state index in [1.54, 1.807) is 36.4 Å². The Hall–Kier alpha value is -3.36. The molecule has 0 spiro atoms. The monoisotopic (exact) mass is 520 g/mol. The van der Waals surface area contributed by atoms with Gasteiger partial charge >= 0.3 is 0 Å². The SMILES string of the molecule is CCCN(CCC)CC(=O)Nc1cccc2c1C(=O)c1c(NC(=O)CN(CCC)CCC)cccc1C2=O. The summed E-state index contributed by atoms with van der Waals surface area (Å²) in [6.45, 7) is 11.9. The Morgan fingerprint density at radius 2 is 0.974 bits per heavy atom. The lowest BCUT2D eigenvalue weighted by molar-refractivity contribution is -0.118. The fourth-order valence-corrected chi connectivity index (χ4v) is 5.04. The first-order valence-corrected chi connectivity index (χ1v) is 13.7. The molecule has 38 heavy (non-hydrogen) atoms. The van der Waals surface area contributed by atoms with Crippen molar-refractivity contribution >= 4 is 34.8 Å². The molecule has 0 saturated carbocycles. The predicted octanol–water partition coefficient (Wildman–Crippen LogP) is 4.58. The highest BCUT2D eigenvalue weighted by Crippen LogP contribution is 2.35. The van der Waals surface area contributed by atoms with Crippen LogP contribution in [0.25, 0.3) is 0 Å². The Kier molecular flexibility index (Phi) is 10.7. The summed E-state index contributed by atoms with van der Waals surface area (Å²) in [5.74, 6) is -1.17. The number of hydrogen-bond acceptors (Lipinski definition) is 6. The van der Waals surface area contributed by atoms with Crippen LogP contribution in [0.2, 0.25) is 0 Å². The zero-order valence-corrected chi connectivity index (χ0v) is 23.1. The van der Waals surface area contributed by atoms with E-state index in [2.05, 4.69) is 48.1 Å². The molecule has 2 amide bonds. The number of hydrogen-bond donors (Lipinski definition) is 2. The van der Waals surface area contributed by atoms with E-state index in [1.807, 2.05) is 0 Å². The molecular weight excluding hydrogens is 480 g/mol. The van der Waals surface area contributed by atoms with Gasteiger partial charge < -0.3 is 10.6 Å². The average molecular weight is 521 g/mol. The van der Waals surface area contributed by atoms with E-state index in [4.69, 9.17) is 0 Å². The Morgan fingerprint density at radius 1 is 0.605 bits per heavy atom. The topological polar surface area (TPSA) is 98.8 Å². The number of carbonyl (C=O) groups is 4. The van der Waals surface area contributed by atoms with E-state index in [1.165, 1.54) is 0 Å². The van der Waals surface area contributed by atoms with Crippen LogP contribution in [0, 0.1) is 0 Å². The van der Waals surface area contributed by atoms with E-state index in [0.717, 1.165) is 51.9 Å². The summed E-state index contributed by atoms with van der Waals surface area (Å²) in [5.41, 5.74) is 1.44. The Balaban J connectivity index is 1.89. The molecule has 2 aromatic rings. The van der Waals surface area contributed by atoms with Crippen molar-refractivity contribution in [1.82, 2.24) is 9.80 Å². The molecule has 0 atom stereocenters. The van der Waals surface area contributed by atoms with Crippen molar-refractivity contribution in [3.8, 4) is 0 Å². The van der Waals surface area contributed by atoms with Crippen LogP contribution in [0.15, 0.2) is 36.4 Å². The summed E-state index contributed by atoms with van der Waals surface area (Å²) in [4.78, 5) is 57.2. The van der Waals surface area contributed by atoms with Crippen molar-refractivity contribution in [1.29, 1.82) is 0 Å². The minimum atomic E-state index is -0.389. The van der Waals surface area contributed by atoms with Gasteiger partial charge in [-0.05, 0) is 64.0 Å². The zero-order chi connectivity index (χ0) is 27.7. The molecule has 0 fully saturated rings. The van der Waals surface area contributed by atoms with Crippen LogP contribution in [0.1, 0.15) is 85.2 Å². The molecule has 0 aromatic heterocycles. The van der Waals surface area contributed by atoms with Crippen molar-refractivity contribution in [2.24, 2.45) is 0 Å². The lowest BCUT2D eigenvalue weighted by atomic mass is 9.82.